The lowest BCUT2D eigenvalue weighted by Crippen LogP contribution is -2.35. The van der Waals surface area contributed by atoms with Crippen LogP contribution in [0.15, 0.2) is 18.5 Å². The molecule has 1 aromatic heterocycles. The summed E-state index contributed by atoms with van der Waals surface area (Å²) >= 11 is 0. The molecule has 0 aliphatic carbocycles. The molecule has 0 aliphatic heterocycles. The normalized spacial score (nSPS) is 13.0. The van der Waals surface area contributed by atoms with Crippen molar-refractivity contribution in [3.05, 3.63) is 24.0 Å². The molecule has 1 heterocycles. The largest absolute Gasteiger partial charge is 0.511 e. The Balaban J connectivity index is 3.15. The van der Waals surface area contributed by atoms with E-state index in [0.717, 1.165) is 0 Å². The van der Waals surface area contributed by atoms with Crippen molar-refractivity contribution in [2.45, 2.75) is 6.18 Å². The van der Waals surface area contributed by atoms with E-state index in [-0.39, 0.29) is 6.07 Å². The molecule has 8 heteroatoms. The summed E-state index contributed by atoms with van der Waals surface area (Å²) in [4.78, 5) is 2.89. The fraction of sp³-hybridized carbons (Fsp3) is 0.167. The van der Waals surface area contributed by atoms with Crippen molar-refractivity contribution in [1.82, 2.24) is 4.98 Å². The zero-order chi connectivity index (χ0) is 11.0. The van der Waals surface area contributed by atoms with Crippen LogP contribution in [0.4, 0.5) is 26.1 Å². The topological polar surface area (TPSA) is 12.9 Å². The summed E-state index contributed by atoms with van der Waals surface area (Å²) in [6.45, 7) is -5.44. The number of pyridine rings is 1. The van der Waals surface area contributed by atoms with Gasteiger partial charge in [0.1, 0.15) is 0 Å². The van der Waals surface area contributed by atoms with Gasteiger partial charge in [-0.05, 0) is 6.20 Å². The lowest BCUT2D eigenvalue weighted by Gasteiger charge is -2.15. The highest BCUT2D eigenvalue weighted by Gasteiger charge is 2.33. The van der Waals surface area contributed by atoms with E-state index in [1.807, 2.05) is 0 Å². The smallest absolute Gasteiger partial charge is 0.445 e. The van der Waals surface area contributed by atoms with Gasteiger partial charge in [0.2, 0.25) is 0 Å². The molecule has 0 saturated heterocycles. The van der Waals surface area contributed by atoms with E-state index in [4.69, 9.17) is 0 Å². The van der Waals surface area contributed by atoms with Crippen LogP contribution in [-0.4, -0.2) is 12.0 Å². The van der Waals surface area contributed by atoms with E-state index in [1.54, 1.807) is 0 Å². The number of halogens is 6. The molecule has 0 radical (unpaired) electrons. The number of aromatic nitrogens is 1. The van der Waals surface area contributed by atoms with Crippen molar-refractivity contribution in [3.8, 4) is 0 Å². The average molecular weight is 214 g/mol. The lowest BCUT2D eigenvalue weighted by molar-refractivity contribution is -0.137. The van der Waals surface area contributed by atoms with E-state index < -0.39 is 24.2 Å². The molecule has 14 heavy (non-hydrogen) atoms. The van der Waals surface area contributed by atoms with Crippen molar-refractivity contribution in [2.24, 2.45) is 0 Å². The first-order chi connectivity index (χ1) is 6.21. The fourth-order valence-corrected chi connectivity index (χ4v) is 0.792. The SMILES string of the molecule is F[B-](F)(F)c1cncc(C(F)(F)F)c1. The summed E-state index contributed by atoms with van der Waals surface area (Å²) in [5, 5.41) is 0. The number of alkyl halides is 3. The highest BCUT2D eigenvalue weighted by Crippen LogP contribution is 2.28. The van der Waals surface area contributed by atoms with Crippen LogP contribution in [0.5, 0.6) is 0 Å². The fourth-order valence-electron chi connectivity index (χ4n) is 0.792. The number of hydrogen-bond acceptors (Lipinski definition) is 1. The minimum atomic E-state index is -5.44. The van der Waals surface area contributed by atoms with Gasteiger partial charge in [-0.1, -0.05) is 11.5 Å². The van der Waals surface area contributed by atoms with Crippen molar-refractivity contribution < 1.29 is 26.1 Å². The predicted octanol–water partition coefficient (Wildman–Crippen LogP) is 2.15. The van der Waals surface area contributed by atoms with Crippen LogP contribution in [0, 0.1) is 0 Å². The van der Waals surface area contributed by atoms with Crippen molar-refractivity contribution >= 4 is 12.4 Å². The molecule has 78 valence electrons. The molecule has 0 aliphatic rings. The maximum atomic E-state index is 12.0. The van der Waals surface area contributed by atoms with Crippen LogP contribution in [0.25, 0.3) is 0 Å². The summed E-state index contributed by atoms with van der Waals surface area (Å²) in [5.74, 6) is 0. The van der Waals surface area contributed by atoms with Gasteiger partial charge in [0.15, 0.2) is 0 Å². The second-order valence-electron chi connectivity index (χ2n) is 2.58. The van der Waals surface area contributed by atoms with Gasteiger partial charge < -0.3 is 12.9 Å². The molecule has 0 spiro atoms. The van der Waals surface area contributed by atoms with Gasteiger partial charge in [-0.15, -0.1) is 0 Å². The lowest BCUT2D eigenvalue weighted by atomic mass is 9.81. The second-order valence-corrected chi connectivity index (χ2v) is 2.58. The first kappa shape index (κ1) is 10.9. The highest BCUT2D eigenvalue weighted by molar-refractivity contribution is 6.73. The Morgan fingerprint density at radius 2 is 1.64 bits per heavy atom. The molecule has 1 nitrogen and oxygen atoms in total. The molecule has 1 aromatic rings. The zero-order valence-corrected chi connectivity index (χ0v) is 6.52. The monoisotopic (exact) mass is 214 g/mol. The van der Waals surface area contributed by atoms with E-state index in [1.165, 1.54) is 0 Å². The van der Waals surface area contributed by atoms with Gasteiger partial charge >= 0.3 is 13.2 Å². The quantitative estimate of drug-likeness (QED) is 0.515. The van der Waals surface area contributed by atoms with Gasteiger partial charge in [0, 0.05) is 6.20 Å². The summed E-state index contributed by atoms with van der Waals surface area (Å²) in [6, 6.07) is 0.0486. The third kappa shape index (κ3) is 2.40. The van der Waals surface area contributed by atoms with Crippen LogP contribution >= 0.6 is 0 Å². The van der Waals surface area contributed by atoms with Gasteiger partial charge in [0.25, 0.3) is 0 Å². The second kappa shape index (κ2) is 3.18. The molecule has 0 fully saturated rings. The Bertz CT molecular complexity index is 301. The van der Waals surface area contributed by atoms with Crippen molar-refractivity contribution in [2.75, 3.05) is 0 Å². The predicted molar refractivity (Wildman–Crippen MR) is 38.0 cm³/mol. The third-order valence-corrected chi connectivity index (χ3v) is 1.46. The van der Waals surface area contributed by atoms with Crippen LogP contribution in [0.1, 0.15) is 5.56 Å². The first-order valence-corrected chi connectivity index (χ1v) is 3.43. The zero-order valence-electron chi connectivity index (χ0n) is 6.52. The van der Waals surface area contributed by atoms with E-state index in [0.29, 0.717) is 12.4 Å². The van der Waals surface area contributed by atoms with Gasteiger partial charge in [-0.25, -0.2) is 0 Å². The van der Waals surface area contributed by atoms with Gasteiger partial charge in [0.05, 0.1) is 5.56 Å². The summed E-state index contributed by atoms with van der Waals surface area (Å²) in [6.07, 6.45) is -4.08. The van der Waals surface area contributed by atoms with Gasteiger partial charge in [-0.2, -0.15) is 13.2 Å². The minimum Gasteiger partial charge on any atom is -0.445 e. The Morgan fingerprint density at radius 1 is 1.07 bits per heavy atom. The number of hydrogen-bond donors (Lipinski definition) is 0. The standard InChI is InChI=1S/C6H3BF6N/c8-6(9,10)4-1-5(3-14-2-4)7(11,12)13/h1-3H/q-1. The summed E-state index contributed by atoms with van der Waals surface area (Å²) in [5.41, 5.74) is -2.74. The molecule has 0 unspecified atom stereocenters. The van der Waals surface area contributed by atoms with E-state index in [2.05, 4.69) is 4.98 Å². The van der Waals surface area contributed by atoms with Crippen LogP contribution in [0.3, 0.4) is 0 Å². The van der Waals surface area contributed by atoms with Crippen molar-refractivity contribution in [1.29, 1.82) is 0 Å². The summed E-state index contributed by atoms with van der Waals surface area (Å²) in [7, 11) is 0. The number of rotatable bonds is 1. The van der Waals surface area contributed by atoms with Crippen LogP contribution in [-0.2, 0) is 6.18 Å². The van der Waals surface area contributed by atoms with E-state index in [9.17, 15) is 26.1 Å². The van der Waals surface area contributed by atoms with Crippen LogP contribution < -0.4 is 5.46 Å². The maximum Gasteiger partial charge on any atom is 0.511 e. The molecular formula is C6H3BF6N-. The number of nitrogens with zero attached hydrogens (tertiary/aromatic N) is 1. The minimum absolute atomic E-state index is 0.0486. The molecule has 0 amide bonds. The Morgan fingerprint density at radius 3 is 2.07 bits per heavy atom. The van der Waals surface area contributed by atoms with Crippen molar-refractivity contribution in [3.63, 3.8) is 0 Å². The summed E-state index contributed by atoms with van der Waals surface area (Å²) < 4.78 is 71.9. The molecule has 0 atom stereocenters. The average Bonchev–Trinajstić information content (AvgIpc) is 2.01. The third-order valence-electron chi connectivity index (χ3n) is 1.46. The highest BCUT2D eigenvalue weighted by atomic mass is 19.4. The first-order valence-electron chi connectivity index (χ1n) is 3.43. The Labute approximate surface area is 74.8 Å². The maximum absolute atomic E-state index is 12.0. The molecule has 0 N–H and O–H groups in total. The Hall–Kier alpha value is -1.21. The Kier molecular flexibility index (Phi) is 2.47. The molecule has 0 saturated carbocycles. The van der Waals surface area contributed by atoms with E-state index >= 15 is 0 Å². The molecule has 0 aromatic carbocycles. The molecule has 1 rings (SSSR count). The molecular weight excluding hydrogens is 211 g/mol. The van der Waals surface area contributed by atoms with Crippen LogP contribution in [0.2, 0.25) is 0 Å². The molecule has 0 bridgehead atoms. The van der Waals surface area contributed by atoms with Gasteiger partial charge in [-0.3, -0.25) is 4.98 Å².